The molecule has 0 aliphatic rings. The van der Waals surface area contributed by atoms with Crippen LogP contribution in [0.2, 0.25) is 0 Å². The Morgan fingerprint density at radius 2 is 1.43 bits per heavy atom. The minimum Gasteiger partial charge on any atom is -0.120 e. The van der Waals surface area contributed by atoms with Crippen LogP contribution in [0.1, 0.15) is 66.2 Å². The van der Waals surface area contributed by atoms with Gasteiger partial charge in [-0.2, -0.15) is 0 Å². The van der Waals surface area contributed by atoms with Crippen molar-refractivity contribution in [3.8, 4) is 12.3 Å². The molecule has 0 fully saturated rings. The first-order chi connectivity index (χ1) is 6.74. The monoisotopic (exact) mass is 196 g/mol. The molecule has 84 valence electrons. The highest BCUT2D eigenvalue weighted by Gasteiger charge is 1.75. The van der Waals surface area contributed by atoms with E-state index in [1.807, 2.05) is 6.08 Å². The maximum absolute atomic E-state index is 4.60. The molecule has 0 heteroatoms. The minimum absolute atomic E-state index is 1.15. The van der Waals surface area contributed by atoms with E-state index in [9.17, 15) is 0 Å². The van der Waals surface area contributed by atoms with Crippen molar-refractivity contribution in [3.63, 3.8) is 0 Å². The average Bonchev–Trinajstić information content (AvgIpc) is 2.18. The highest BCUT2D eigenvalue weighted by Crippen LogP contribution is 1.95. The van der Waals surface area contributed by atoms with Gasteiger partial charge in [-0.05, 0) is 13.3 Å². The summed E-state index contributed by atoms with van der Waals surface area (Å²) in [4.78, 5) is 0. The summed E-state index contributed by atoms with van der Waals surface area (Å²) in [6, 6.07) is 0. The van der Waals surface area contributed by atoms with Crippen molar-refractivity contribution in [2.45, 2.75) is 66.2 Å². The second kappa shape index (κ2) is 29.5. The first-order valence-corrected chi connectivity index (χ1v) is 5.73. The highest BCUT2D eigenvalue weighted by molar-refractivity contribution is 4.73. The number of allylic oxidation sites excluding steroid dienone is 1. The fourth-order valence-electron chi connectivity index (χ4n) is 0.704. The number of unbranched alkanes of at least 4 members (excludes halogenated alkanes) is 4. The molecule has 0 saturated heterocycles. The van der Waals surface area contributed by atoms with Crippen LogP contribution < -0.4 is 0 Å². The first-order valence-electron chi connectivity index (χ1n) is 5.73. The van der Waals surface area contributed by atoms with Crippen LogP contribution in [0.5, 0.6) is 0 Å². The lowest BCUT2D eigenvalue weighted by molar-refractivity contribution is 0.702. The van der Waals surface area contributed by atoms with Crippen LogP contribution in [0, 0.1) is 12.3 Å². The Hall–Kier alpha value is -0.700. The summed E-state index contributed by atoms with van der Waals surface area (Å²) in [7, 11) is 0. The second-order valence-electron chi connectivity index (χ2n) is 3.07. The molecule has 0 radical (unpaired) electrons. The van der Waals surface area contributed by atoms with Crippen LogP contribution >= 0.6 is 0 Å². The number of hydrogen-bond acceptors (Lipinski definition) is 0. The molecule has 0 aromatic heterocycles. The van der Waals surface area contributed by atoms with Crippen LogP contribution in [0.4, 0.5) is 0 Å². The minimum atomic E-state index is 1.15. The maximum atomic E-state index is 4.60. The molecule has 0 N–H and O–H groups in total. The number of hydrogen-bond donors (Lipinski definition) is 0. The van der Waals surface area contributed by atoms with Gasteiger partial charge >= 0.3 is 0 Å². The van der Waals surface area contributed by atoms with Crippen molar-refractivity contribution in [1.29, 1.82) is 0 Å². The Balaban J connectivity index is -0.000000138. The smallest absolute Gasteiger partial charge is 0.00297 e. The van der Waals surface area contributed by atoms with E-state index in [0.717, 1.165) is 6.42 Å². The molecule has 0 amide bonds. The molecule has 0 aliphatic carbocycles. The third-order valence-electron chi connectivity index (χ3n) is 1.45. The molecule has 0 atom stereocenters. The summed E-state index contributed by atoms with van der Waals surface area (Å²) in [5.74, 6) is 2.25. The van der Waals surface area contributed by atoms with Gasteiger partial charge in [-0.3, -0.25) is 0 Å². The maximum Gasteiger partial charge on any atom is -0.00297 e. The van der Waals surface area contributed by atoms with E-state index >= 15 is 0 Å². The lowest BCUT2D eigenvalue weighted by Crippen LogP contribution is -1.66. The third-order valence-corrected chi connectivity index (χ3v) is 1.45. The molecule has 0 rings (SSSR count). The third kappa shape index (κ3) is 64.8. The van der Waals surface area contributed by atoms with Crippen LogP contribution in [0.15, 0.2) is 12.7 Å². The molecule has 0 unspecified atom stereocenters. The van der Waals surface area contributed by atoms with E-state index in [0.29, 0.717) is 0 Å². The van der Waals surface area contributed by atoms with Gasteiger partial charge in [0.1, 0.15) is 0 Å². The van der Waals surface area contributed by atoms with Crippen LogP contribution in [0.25, 0.3) is 0 Å². The Morgan fingerprint density at radius 3 is 1.50 bits per heavy atom. The molecule has 0 saturated carbocycles. The van der Waals surface area contributed by atoms with Gasteiger partial charge < -0.3 is 0 Å². The Morgan fingerprint density at radius 1 is 1.07 bits per heavy atom. The predicted octanol–water partition coefficient (Wildman–Crippen LogP) is 5.20. The average molecular weight is 196 g/mol. The molecular formula is C14H28. The summed E-state index contributed by atoms with van der Waals surface area (Å²) in [5.41, 5.74) is 0. The molecule has 0 aromatic rings. The fourth-order valence-corrected chi connectivity index (χ4v) is 0.704. The topological polar surface area (TPSA) is 0 Å². The van der Waals surface area contributed by atoms with Crippen LogP contribution in [-0.2, 0) is 0 Å². The van der Waals surface area contributed by atoms with Crippen molar-refractivity contribution in [2.24, 2.45) is 0 Å². The molecule has 0 aliphatic heterocycles. The lowest BCUT2D eigenvalue weighted by Gasteiger charge is -1.86. The largest absolute Gasteiger partial charge is 0.120 e. The van der Waals surface area contributed by atoms with Gasteiger partial charge in [0.2, 0.25) is 0 Å². The van der Waals surface area contributed by atoms with Gasteiger partial charge in [-0.15, -0.1) is 18.9 Å². The van der Waals surface area contributed by atoms with Gasteiger partial charge in [0.25, 0.3) is 0 Å². The zero-order valence-electron chi connectivity index (χ0n) is 10.6. The molecule has 0 nitrogen and oxygen atoms in total. The molecule has 0 heterocycles. The van der Waals surface area contributed by atoms with Crippen molar-refractivity contribution >= 4 is 0 Å². The zero-order valence-corrected chi connectivity index (χ0v) is 10.6. The van der Waals surface area contributed by atoms with E-state index in [-0.39, 0.29) is 0 Å². The number of terminal acetylenes is 1. The Bertz CT molecular complexity index is 102. The molecule has 14 heavy (non-hydrogen) atoms. The zero-order chi connectivity index (χ0) is 11.7. The van der Waals surface area contributed by atoms with Crippen molar-refractivity contribution in [1.82, 2.24) is 0 Å². The standard InChI is InChI=1S/C6H14.C5H10.C3H4/c1-3-5-6-4-2;1-3-5-4-2;1-3-2/h3-6H2,1-2H3;3H,1,4-5H2,2H3;1H,2H3. The molecule has 0 bridgehead atoms. The SMILES string of the molecule is C#CC.C=CCCC.CCCCCC. The Kier molecular flexibility index (Phi) is 39.9. The van der Waals surface area contributed by atoms with E-state index in [1.54, 1.807) is 6.92 Å². The van der Waals surface area contributed by atoms with Gasteiger partial charge in [0.05, 0.1) is 0 Å². The van der Waals surface area contributed by atoms with E-state index < -0.39 is 0 Å². The van der Waals surface area contributed by atoms with Crippen LogP contribution in [0.3, 0.4) is 0 Å². The van der Waals surface area contributed by atoms with Crippen molar-refractivity contribution < 1.29 is 0 Å². The normalized spacial score (nSPS) is 7.07. The second-order valence-corrected chi connectivity index (χ2v) is 3.07. The van der Waals surface area contributed by atoms with Gasteiger partial charge in [0, 0.05) is 0 Å². The summed E-state index contributed by atoms with van der Waals surface area (Å²) >= 11 is 0. The fraction of sp³-hybridized carbons (Fsp3) is 0.714. The van der Waals surface area contributed by atoms with Gasteiger partial charge in [-0.25, -0.2) is 0 Å². The summed E-state index contributed by atoms with van der Waals surface area (Å²) in [6.45, 7) is 11.8. The lowest BCUT2D eigenvalue weighted by atomic mass is 10.2. The molecular weight excluding hydrogens is 168 g/mol. The van der Waals surface area contributed by atoms with Gasteiger partial charge in [0.15, 0.2) is 0 Å². The quantitative estimate of drug-likeness (QED) is 0.322. The highest BCUT2D eigenvalue weighted by atomic mass is 13.8. The van der Waals surface area contributed by atoms with E-state index in [4.69, 9.17) is 0 Å². The van der Waals surface area contributed by atoms with Gasteiger partial charge in [-0.1, -0.05) is 59.0 Å². The molecule has 0 aromatic carbocycles. The first kappa shape index (κ1) is 19.0. The van der Waals surface area contributed by atoms with E-state index in [2.05, 4.69) is 39.7 Å². The van der Waals surface area contributed by atoms with Crippen molar-refractivity contribution in [2.75, 3.05) is 0 Å². The summed E-state index contributed by atoms with van der Waals surface area (Å²) in [6.07, 6.45) is 14.4. The van der Waals surface area contributed by atoms with Crippen molar-refractivity contribution in [3.05, 3.63) is 12.7 Å². The Labute approximate surface area is 91.8 Å². The summed E-state index contributed by atoms with van der Waals surface area (Å²) in [5, 5.41) is 0. The summed E-state index contributed by atoms with van der Waals surface area (Å²) < 4.78 is 0. The molecule has 0 spiro atoms. The number of rotatable bonds is 5. The van der Waals surface area contributed by atoms with E-state index in [1.165, 1.54) is 32.1 Å². The predicted molar refractivity (Wildman–Crippen MR) is 69.4 cm³/mol. The van der Waals surface area contributed by atoms with Crippen LogP contribution in [-0.4, -0.2) is 0 Å².